The zero-order valence-electron chi connectivity index (χ0n) is 12.4. The van der Waals surface area contributed by atoms with E-state index in [0.717, 1.165) is 10.9 Å². The van der Waals surface area contributed by atoms with Gasteiger partial charge < -0.3 is 14.8 Å². The molecular weight excluding hydrogens is 294 g/mol. The number of methoxy groups -OCH3 is 1. The van der Waals surface area contributed by atoms with Crippen molar-refractivity contribution in [3.8, 4) is 11.5 Å². The van der Waals surface area contributed by atoms with Gasteiger partial charge in [-0.25, -0.2) is 5.43 Å². The second-order valence-electron chi connectivity index (χ2n) is 4.88. The third-order valence-corrected chi connectivity index (χ3v) is 3.42. The van der Waals surface area contributed by atoms with E-state index in [4.69, 9.17) is 4.74 Å². The van der Waals surface area contributed by atoms with Gasteiger partial charge in [0.15, 0.2) is 11.5 Å². The average molecular weight is 309 g/mol. The first-order valence-electron chi connectivity index (χ1n) is 6.95. The molecule has 0 aliphatic carbocycles. The Morgan fingerprint density at radius 3 is 3.00 bits per heavy atom. The zero-order chi connectivity index (χ0) is 16.2. The molecule has 3 aromatic rings. The van der Waals surface area contributed by atoms with Gasteiger partial charge in [0.25, 0.3) is 5.91 Å². The quantitative estimate of drug-likeness (QED) is 0.511. The zero-order valence-corrected chi connectivity index (χ0v) is 12.4. The number of para-hydroxylation sites is 1. The number of aromatic hydroxyl groups is 1. The number of phenols is 1. The highest BCUT2D eigenvalue weighted by atomic mass is 16.5. The van der Waals surface area contributed by atoms with Gasteiger partial charge >= 0.3 is 0 Å². The molecule has 0 saturated heterocycles. The number of phenolic OH excluding ortho intramolecular Hbond substituents is 1. The molecule has 0 bridgehead atoms. The number of hydrogen-bond acceptors (Lipinski definition) is 4. The third kappa shape index (κ3) is 3.01. The number of hydrazone groups is 1. The van der Waals surface area contributed by atoms with Gasteiger partial charge in [0.05, 0.1) is 24.4 Å². The molecular formula is C17H15N3O3. The molecule has 0 spiro atoms. The van der Waals surface area contributed by atoms with Crippen molar-refractivity contribution in [3.63, 3.8) is 0 Å². The van der Waals surface area contributed by atoms with Crippen molar-refractivity contribution in [2.75, 3.05) is 7.11 Å². The van der Waals surface area contributed by atoms with E-state index in [1.54, 1.807) is 24.4 Å². The molecule has 23 heavy (non-hydrogen) atoms. The molecule has 0 unspecified atom stereocenters. The van der Waals surface area contributed by atoms with Crippen LogP contribution in [0.2, 0.25) is 0 Å². The number of benzene rings is 2. The van der Waals surface area contributed by atoms with Gasteiger partial charge in [-0.05, 0) is 35.9 Å². The number of aromatic amines is 1. The summed E-state index contributed by atoms with van der Waals surface area (Å²) in [6.45, 7) is 0. The fourth-order valence-electron chi connectivity index (χ4n) is 2.27. The van der Waals surface area contributed by atoms with E-state index >= 15 is 0 Å². The van der Waals surface area contributed by atoms with E-state index in [9.17, 15) is 9.90 Å². The normalized spacial score (nSPS) is 11.0. The molecule has 3 rings (SSSR count). The smallest absolute Gasteiger partial charge is 0.273 e. The van der Waals surface area contributed by atoms with Crippen molar-refractivity contribution in [1.82, 2.24) is 10.4 Å². The Morgan fingerprint density at radius 1 is 1.30 bits per heavy atom. The summed E-state index contributed by atoms with van der Waals surface area (Å²) in [4.78, 5) is 15.3. The van der Waals surface area contributed by atoms with Crippen LogP contribution >= 0.6 is 0 Å². The van der Waals surface area contributed by atoms with E-state index in [-0.39, 0.29) is 11.7 Å². The molecule has 1 heterocycles. The third-order valence-electron chi connectivity index (χ3n) is 3.42. The molecule has 0 aliphatic heterocycles. The molecule has 6 nitrogen and oxygen atoms in total. The van der Waals surface area contributed by atoms with Crippen molar-refractivity contribution < 1.29 is 14.6 Å². The topological polar surface area (TPSA) is 86.7 Å². The molecule has 0 aliphatic rings. The second kappa shape index (κ2) is 6.23. The maximum Gasteiger partial charge on any atom is 0.273 e. The maximum absolute atomic E-state index is 12.2. The van der Waals surface area contributed by atoms with Crippen molar-refractivity contribution >= 4 is 23.0 Å². The van der Waals surface area contributed by atoms with E-state index < -0.39 is 0 Å². The summed E-state index contributed by atoms with van der Waals surface area (Å²) in [6, 6.07) is 12.2. The lowest BCUT2D eigenvalue weighted by Gasteiger charge is -2.04. The van der Waals surface area contributed by atoms with Crippen LogP contribution < -0.4 is 10.2 Å². The lowest BCUT2D eigenvalue weighted by molar-refractivity contribution is 0.0956. The van der Waals surface area contributed by atoms with Crippen LogP contribution in [0.5, 0.6) is 11.5 Å². The molecule has 0 radical (unpaired) electrons. The number of nitrogens with one attached hydrogen (secondary N) is 2. The first kappa shape index (κ1) is 14.6. The lowest BCUT2D eigenvalue weighted by Crippen LogP contribution is -2.18. The summed E-state index contributed by atoms with van der Waals surface area (Å²) in [7, 11) is 1.47. The van der Waals surface area contributed by atoms with Crippen LogP contribution in [0.15, 0.2) is 53.8 Å². The highest BCUT2D eigenvalue weighted by Crippen LogP contribution is 2.25. The highest BCUT2D eigenvalue weighted by molar-refractivity contribution is 6.05. The largest absolute Gasteiger partial charge is 0.504 e. The number of fused-ring (bicyclic) bond motifs is 1. The molecule has 0 saturated carbocycles. The van der Waals surface area contributed by atoms with Crippen LogP contribution in [0.4, 0.5) is 0 Å². The molecule has 1 aromatic heterocycles. The van der Waals surface area contributed by atoms with Crippen molar-refractivity contribution in [2.45, 2.75) is 0 Å². The van der Waals surface area contributed by atoms with Crippen LogP contribution in [0.3, 0.4) is 0 Å². The summed E-state index contributed by atoms with van der Waals surface area (Å²) in [6.07, 6.45) is 3.27. The van der Waals surface area contributed by atoms with E-state index in [1.807, 2.05) is 18.2 Å². The van der Waals surface area contributed by atoms with Crippen LogP contribution in [-0.2, 0) is 0 Å². The average Bonchev–Trinajstić information content (AvgIpc) is 3.04. The summed E-state index contributed by atoms with van der Waals surface area (Å²) in [5.74, 6) is 0.0866. The van der Waals surface area contributed by atoms with Gasteiger partial charge in [-0.2, -0.15) is 5.10 Å². The summed E-state index contributed by atoms with van der Waals surface area (Å²) < 4.78 is 5.02. The second-order valence-corrected chi connectivity index (χ2v) is 4.88. The van der Waals surface area contributed by atoms with Crippen molar-refractivity contribution in [1.29, 1.82) is 0 Å². The van der Waals surface area contributed by atoms with Crippen LogP contribution in [0.25, 0.3) is 10.9 Å². The Bertz CT molecular complexity index is 884. The van der Waals surface area contributed by atoms with Gasteiger partial charge in [0, 0.05) is 11.6 Å². The first-order chi connectivity index (χ1) is 11.2. The van der Waals surface area contributed by atoms with Crippen LogP contribution in [0, 0.1) is 0 Å². The standard InChI is InChI=1S/C17H15N3O3/c1-23-15-9-11(5-6-14(15)21)10-19-20-17(22)13-4-2-3-12-7-8-18-16(12)13/h2-10,18,21H,1H3,(H,20,22). The predicted molar refractivity (Wildman–Crippen MR) is 88.0 cm³/mol. The molecule has 2 aromatic carbocycles. The van der Waals surface area contributed by atoms with Crippen LogP contribution in [0.1, 0.15) is 15.9 Å². The van der Waals surface area contributed by atoms with E-state index in [2.05, 4.69) is 15.5 Å². The Hall–Kier alpha value is -3.28. The summed E-state index contributed by atoms with van der Waals surface area (Å²) in [5, 5.41) is 14.4. The summed E-state index contributed by atoms with van der Waals surface area (Å²) >= 11 is 0. The van der Waals surface area contributed by atoms with Crippen LogP contribution in [-0.4, -0.2) is 29.3 Å². The fraction of sp³-hybridized carbons (Fsp3) is 0.0588. The van der Waals surface area contributed by atoms with E-state index in [0.29, 0.717) is 16.9 Å². The molecule has 0 fully saturated rings. The number of carbonyl (C=O) groups excluding carboxylic acids is 1. The molecule has 0 atom stereocenters. The lowest BCUT2D eigenvalue weighted by atomic mass is 10.1. The highest BCUT2D eigenvalue weighted by Gasteiger charge is 2.09. The molecule has 3 N–H and O–H groups in total. The first-order valence-corrected chi connectivity index (χ1v) is 6.95. The van der Waals surface area contributed by atoms with Gasteiger partial charge in [0.1, 0.15) is 0 Å². The summed E-state index contributed by atoms with van der Waals surface area (Å²) in [5.41, 5.74) is 4.47. The number of carbonyl (C=O) groups is 1. The van der Waals surface area contributed by atoms with Gasteiger partial charge in [-0.3, -0.25) is 4.79 Å². The number of aromatic nitrogens is 1. The molecule has 116 valence electrons. The Labute approximate surface area is 132 Å². The number of nitrogens with zero attached hydrogens (tertiary/aromatic N) is 1. The minimum Gasteiger partial charge on any atom is -0.504 e. The Balaban J connectivity index is 1.75. The Morgan fingerprint density at radius 2 is 2.17 bits per heavy atom. The Kier molecular flexibility index (Phi) is 3.97. The monoisotopic (exact) mass is 309 g/mol. The number of rotatable bonds is 4. The van der Waals surface area contributed by atoms with Crippen molar-refractivity contribution in [3.05, 3.63) is 59.8 Å². The number of hydrogen-bond donors (Lipinski definition) is 3. The predicted octanol–water partition coefficient (Wildman–Crippen LogP) is 2.65. The molecule has 6 heteroatoms. The van der Waals surface area contributed by atoms with E-state index in [1.165, 1.54) is 19.4 Å². The number of ether oxygens (including phenoxy) is 1. The van der Waals surface area contributed by atoms with Crippen molar-refractivity contribution in [2.24, 2.45) is 5.10 Å². The number of H-pyrrole nitrogens is 1. The fourth-order valence-corrected chi connectivity index (χ4v) is 2.27. The van der Waals surface area contributed by atoms with Gasteiger partial charge in [0.2, 0.25) is 0 Å². The van der Waals surface area contributed by atoms with Gasteiger partial charge in [-0.15, -0.1) is 0 Å². The van der Waals surface area contributed by atoms with Gasteiger partial charge in [-0.1, -0.05) is 12.1 Å². The SMILES string of the molecule is COc1cc(C=NNC(=O)c2cccc3cc[nH]c23)ccc1O. The molecule has 1 amide bonds. The number of amides is 1. The maximum atomic E-state index is 12.2. The minimum atomic E-state index is -0.306. The minimum absolute atomic E-state index is 0.0482.